The van der Waals surface area contributed by atoms with E-state index in [1.54, 1.807) is 28.4 Å². The molecule has 1 unspecified atom stereocenters. The number of aromatic nitrogens is 2. The standard InChI is InChI=1S/C16H22N4O2S/c1-12-3-4-15(23-12)13(20-5-7-22-8-6-20)10-18-16(21)14-9-17-11-19(14)2/h3-4,9,11,13H,5-8,10H2,1-2H3,(H,18,21). The Balaban J connectivity index is 1.71. The fraction of sp³-hybridized carbons (Fsp3) is 0.500. The number of thiophene rings is 1. The van der Waals surface area contributed by atoms with E-state index in [0.29, 0.717) is 12.2 Å². The van der Waals surface area contributed by atoms with Crippen LogP contribution in [0.5, 0.6) is 0 Å². The fourth-order valence-corrected chi connectivity index (χ4v) is 3.80. The van der Waals surface area contributed by atoms with Gasteiger partial charge in [0.1, 0.15) is 5.69 Å². The maximum absolute atomic E-state index is 12.3. The summed E-state index contributed by atoms with van der Waals surface area (Å²) >= 11 is 1.79. The van der Waals surface area contributed by atoms with E-state index in [1.807, 2.05) is 7.05 Å². The minimum absolute atomic E-state index is 0.0865. The molecule has 0 radical (unpaired) electrons. The van der Waals surface area contributed by atoms with E-state index >= 15 is 0 Å². The number of carbonyl (C=O) groups is 1. The average Bonchev–Trinajstić information content (AvgIpc) is 3.17. The fourth-order valence-electron chi connectivity index (χ4n) is 2.79. The molecule has 1 amide bonds. The summed E-state index contributed by atoms with van der Waals surface area (Å²) in [6.45, 7) is 5.97. The van der Waals surface area contributed by atoms with Gasteiger partial charge in [-0.1, -0.05) is 0 Å². The molecule has 7 heteroatoms. The third-order valence-corrected chi connectivity index (χ3v) is 5.18. The molecule has 1 atom stereocenters. The number of amides is 1. The van der Waals surface area contributed by atoms with Crippen molar-refractivity contribution in [3.63, 3.8) is 0 Å². The summed E-state index contributed by atoms with van der Waals surface area (Å²) in [5.41, 5.74) is 0.577. The summed E-state index contributed by atoms with van der Waals surface area (Å²) in [4.78, 5) is 21.3. The lowest BCUT2D eigenvalue weighted by Gasteiger charge is -2.34. The van der Waals surface area contributed by atoms with E-state index in [2.05, 4.69) is 34.3 Å². The molecule has 0 spiro atoms. The van der Waals surface area contributed by atoms with E-state index in [-0.39, 0.29) is 11.9 Å². The lowest BCUT2D eigenvalue weighted by Crippen LogP contribution is -2.43. The molecule has 1 aliphatic heterocycles. The Morgan fingerprint density at radius 1 is 1.43 bits per heavy atom. The van der Waals surface area contributed by atoms with Crippen LogP contribution in [-0.4, -0.2) is 53.2 Å². The first kappa shape index (κ1) is 16.2. The van der Waals surface area contributed by atoms with Crippen molar-refractivity contribution >= 4 is 17.2 Å². The van der Waals surface area contributed by atoms with Crippen molar-refractivity contribution in [2.75, 3.05) is 32.8 Å². The zero-order chi connectivity index (χ0) is 16.2. The van der Waals surface area contributed by atoms with E-state index in [4.69, 9.17) is 4.74 Å². The largest absolute Gasteiger partial charge is 0.379 e. The molecule has 3 rings (SSSR count). The molecule has 23 heavy (non-hydrogen) atoms. The quantitative estimate of drug-likeness (QED) is 0.902. The molecular formula is C16H22N4O2S. The number of nitrogens with zero attached hydrogens (tertiary/aromatic N) is 3. The number of hydrogen-bond donors (Lipinski definition) is 1. The van der Waals surface area contributed by atoms with Gasteiger partial charge in [-0.2, -0.15) is 0 Å². The van der Waals surface area contributed by atoms with Crippen molar-refractivity contribution in [2.24, 2.45) is 7.05 Å². The van der Waals surface area contributed by atoms with Crippen LogP contribution in [0.3, 0.4) is 0 Å². The zero-order valence-corrected chi connectivity index (χ0v) is 14.3. The average molecular weight is 334 g/mol. The Bertz CT molecular complexity index is 661. The Morgan fingerprint density at radius 3 is 2.83 bits per heavy atom. The monoisotopic (exact) mass is 334 g/mol. The van der Waals surface area contributed by atoms with Crippen LogP contribution in [0.15, 0.2) is 24.7 Å². The van der Waals surface area contributed by atoms with Gasteiger partial charge in [0.2, 0.25) is 0 Å². The lowest BCUT2D eigenvalue weighted by atomic mass is 10.2. The van der Waals surface area contributed by atoms with Crippen LogP contribution >= 0.6 is 11.3 Å². The number of aryl methyl sites for hydroxylation is 2. The zero-order valence-electron chi connectivity index (χ0n) is 13.5. The van der Waals surface area contributed by atoms with E-state index in [9.17, 15) is 4.79 Å². The van der Waals surface area contributed by atoms with Gasteiger partial charge in [-0.25, -0.2) is 4.98 Å². The van der Waals surface area contributed by atoms with Gasteiger partial charge in [-0.3, -0.25) is 9.69 Å². The molecule has 0 bridgehead atoms. The van der Waals surface area contributed by atoms with Crippen LogP contribution in [0.25, 0.3) is 0 Å². The number of morpholine rings is 1. The molecular weight excluding hydrogens is 312 g/mol. The van der Waals surface area contributed by atoms with Crippen LogP contribution in [-0.2, 0) is 11.8 Å². The second-order valence-electron chi connectivity index (χ2n) is 5.71. The highest BCUT2D eigenvalue weighted by Crippen LogP contribution is 2.27. The topological polar surface area (TPSA) is 59.4 Å². The lowest BCUT2D eigenvalue weighted by molar-refractivity contribution is 0.0169. The summed E-state index contributed by atoms with van der Waals surface area (Å²) in [7, 11) is 1.82. The van der Waals surface area contributed by atoms with Crippen LogP contribution in [0.1, 0.15) is 26.3 Å². The maximum atomic E-state index is 12.3. The summed E-state index contributed by atoms with van der Waals surface area (Å²) in [6, 6.07) is 4.49. The number of rotatable bonds is 5. The van der Waals surface area contributed by atoms with Crippen molar-refractivity contribution in [3.05, 3.63) is 40.1 Å². The molecule has 3 heterocycles. The molecule has 1 fully saturated rings. The molecule has 1 aliphatic rings. The molecule has 124 valence electrons. The van der Waals surface area contributed by atoms with E-state index < -0.39 is 0 Å². The van der Waals surface area contributed by atoms with Crippen molar-refractivity contribution in [3.8, 4) is 0 Å². The molecule has 1 saturated heterocycles. The number of hydrogen-bond acceptors (Lipinski definition) is 5. The number of ether oxygens (including phenoxy) is 1. The minimum Gasteiger partial charge on any atom is -0.379 e. The molecule has 2 aromatic rings. The normalized spacial score (nSPS) is 17.1. The van der Waals surface area contributed by atoms with E-state index in [0.717, 1.165) is 26.3 Å². The van der Waals surface area contributed by atoms with Crippen molar-refractivity contribution in [1.29, 1.82) is 0 Å². The smallest absolute Gasteiger partial charge is 0.269 e. The second kappa shape index (κ2) is 7.25. The van der Waals surface area contributed by atoms with Gasteiger partial charge in [-0.15, -0.1) is 11.3 Å². The van der Waals surface area contributed by atoms with E-state index in [1.165, 1.54) is 9.75 Å². The SMILES string of the molecule is Cc1ccc(C(CNC(=O)c2cncn2C)N2CCOCC2)s1. The molecule has 0 aliphatic carbocycles. The Morgan fingerprint density at radius 2 is 2.22 bits per heavy atom. The minimum atomic E-state index is -0.0865. The van der Waals surface area contributed by atoms with Crippen LogP contribution in [0.4, 0.5) is 0 Å². The predicted molar refractivity (Wildman–Crippen MR) is 89.7 cm³/mol. The first-order valence-electron chi connectivity index (χ1n) is 7.78. The van der Waals surface area contributed by atoms with Crippen LogP contribution in [0, 0.1) is 6.92 Å². The molecule has 1 N–H and O–H groups in total. The van der Waals surface area contributed by atoms with Crippen LogP contribution in [0.2, 0.25) is 0 Å². The highest BCUT2D eigenvalue weighted by atomic mass is 32.1. The third-order valence-electron chi connectivity index (χ3n) is 4.08. The summed E-state index contributed by atoms with van der Waals surface area (Å²) < 4.78 is 7.18. The summed E-state index contributed by atoms with van der Waals surface area (Å²) in [6.07, 6.45) is 3.23. The predicted octanol–water partition coefficient (Wildman–Crippen LogP) is 1.59. The van der Waals surface area contributed by atoms with Gasteiger partial charge in [0.15, 0.2) is 0 Å². The molecule has 0 aromatic carbocycles. The maximum Gasteiger partial charge on any atom is 0.269 e. The summed E-state index contributed by atoms with van der Waals surface area (Å²) in [5.74, 6) is -0.0865. The van der Waals surface area contributed by atoms with Gasteiger partial charge in [0.05, 0.1) is 31.8 Å². The number of imidazole rings is 1. The third kappa shape index (κ3) is 3.80. The van der Waals surface area contributed by atoms with Gasteiger partial charge in [0.25, 0.3) is 5.91 Å². The Hall–Kier alpha value is -1.70. The first-order valence-corrected chi connectivity index (χ1v) is 8.59. The van der Waals surface area contributed by atoms with Crippen molar-refractivity contribution < 1.29 is 9.53 Å². The van der Waals surface area contributed by atoms with Crippen LogP contribution < -0.4 is 5.32 Å². The van der Waals surface area contributed by atoms with Gasteiger partial charge in [-0.05, 0) is 19.1 Å². The van der Waals surface area contributed by atoms with Gasteiger partial charge < -0.3 is 14.6 Å². The second-order valence-corrected chi connectivity index (χ2v) is 7.03. The highest BCUT2D eigenvalue weighted by molar-refractivity contribution is 7.12. The highest BCUT2D eigenvalue weighted by Gasteiger charge is 2.24. The first-order chi connectivity index (χ1) is 11.1. The Kier molecular flexibility index (Phi) is 5.09. The van der Waals surface area contributed by atoms with Crippen molar-refractivity contribution in [1.82, 2.24) is 19.8 Å². The summed E-state index contributed by atoms with van der Waals surface area (Å²) in [5, 5.41) is 3.06. The molecule has 2 aromatic heterocycles. The van der Waals surface area contributed by atoms with Gasteiger partial charge >= 0.3 is 0 Å². The number of carbonyl (C=O) groups excluding carboxylic acids is 1. The Labute approximate surface area is 140 Å². The van der Waals surface area contributed by atoms with Crippen molar-refractivity contribution in [2.45, 2.75) is 13.0 Å². The molecule has 6 nitrogen and oxygen atoms in total. The molecule has 0 saturated carbocycles. The van der Waals surface area contributed by atoms with Gasteiger partial charge in [0, 0.05) is 36.4 Å². The number of nitrogens with one attached hydrogen (secondary N) is 1.